The molecular formula is C32H34N2O4. The van der Waals surface area contributed by atoms with E-state index in [0.717, 1.165) is 48.2 Å². The molecule has 2 aliphatic heterocycles. The zero-order valence-corrected chi connectivity index (χ0v) is 21.8. The second-order valence-corrected chi connectivity index (χ2v) is 12.4. The number of fused-ring (bicyclic) bond motifs is 1. The third kappa shape index (κ3) is 2.88. The molecule has 2 bridgehead atoms. The van der Waals surface area contributed by atoms with Crippen LogP contribution in [0.4, 0.5) is 0 Å². The molecule has 1 saturated heterocycles. The molecule has 2 heterocycles. The van der Waals surface area contributed by atoms with Crippen molar-refractivity contribution >= 4 is 16.7 Å². The Morgan fingerprint density at radius 1 is 1.08 bits per heavy atom. The van der Waals surface area contributed by atoms with Gasteiger partial charge >= 0.3 is 0 Å². The van der Waals surface area contributed by atoms with Crippen molar-refractivity contribution in [2.75, 3.05) is 20.1 Å². The quantitative estimate of drug-likeness (QED) is 0.549. The zero-order chi connectivity index (χ0) is 25.8. The number of ether oxygens (including phenoxy) is 1. The molecule has 0 aromatic heterocycles. The first kappa shape index (κ1) is 22.9. The number of phenolic OH excluding ortho intramolecular Hbond substituents is 1. The molecule has 3 aliphatic carbocycles. The average molecular weight is 511 g/mol. The number of likely N-dealkylation sites (tertiary alicyclic amines) is 1. The van der Waals surface area contributed by atoms with Crippen LogP contribution in [-0.4, -0.2) is 69.8 Å². The number of hydrogen-bond donors (Lipinski definition) is 2. The number of carbonyl (C=O) groups excluding carboxylic acids is 1. The molecular weight excluding hydrogens is 476 g/mol. The van der Waals surface area contributed by atoms with Crippen LogP contribution in [0.15, 0.2) is 54.6 Å². The lowest BCUT2D eigenvalue weighted by atomic mass is 9.48. The topological polar surface area (TPSA) is 73.2 Å². The van der Waals surface area contributed by atoms with E-state index < -0.39 is 17.1 Å². The minimum absolute atomic E-state index is 0.0355. The lowest BCUT2D eigenvalue weighted by Crippen LogP contribution is -2.78. The Hall–Kier alpha value is -3.09. The number of carbonyl (C=O) groups is 1. The predicted octanol–water partition coefficient (Wildman–Crippen LogP) is 4.25. The third-order valence-electron chi connectivity index (χ3n) is 10.5. The summed E-state index contributed by atoms with van der Waals surface area (Å²) < 4.78 is 6.67. The molecule has 2 N–H and O–H groups in total. The molecule has 3 fully saturated rings. The van der Waals surface area contributed by atoms with Crippen molar-refractivity contribution in [2.45, 2.75) is 67.7 Å². The van der Waals surface area contributed by atoms with Crippen LogP contribution >= 0.6 is 0 Å². The van der Waals surface area contributed by atoms with Gasteiger partial charge in [0.25, 0.3) is 5.91 Å². The monoisotopic (exact) mass is 510 g/mol. The molecule has 0 unspecified atom stereocenters. The van der Waals surface area contributed by atoms with Gasteiger partial charge in [-0.1, -0.05) is 36.4 Å². The van der Waals surface area contributed by atoms with Gasteiger partial charge in [0.1, 0.15) is 6.10 Å². The number of benzene rings is 3. The highest BCUT2D eigenvalue weighted by Gasteiger charge is 2.73. The Morgan fingerprint density at radius 3 is 2.71 bits per heavy atom. The predicted molar refractivity (Wildman–Crippen MR) is 145 cm³/mol. The van der Waals surface area contributed by atoms with Crippen LogP contribution in [0, 0.1) is 5.92 Å². The van der Waals surface area contributed by atoms with Gasteiger partial charge in [-0.05, 0) is 85.5 Å². The van der Waals surface area contributed by atoms with Gasteiger partial charge in [-0.2, -0.15) is 0 Å². The lowest BCUT2D eigenvalue weighted by molar-refractivity contribution is -0.197. The first-order valence-corrected chi connectivity index (χ1v) is 14.1. The molecule has 0 radical (unpaired) electrons. The van der Waals surface area contributed by atoms with E-state index in [1.54, 1.807) is 6.07 Å². The van der Waals surface area contributed by atoms with Crippen molar-refractivity contribution < 1.29 is 19.7 Å². The number of aromatic hydroxyl groups is 1. The minimum atomic E-state index is -0.944. The van der Waals surface area contributed by atoms with Gasteiger partial charge in [0, 0.05) is 30.8 Å². The van der Waals surface area contributed by atoms with Crippen LogP contribution in [0.1, 0.15) is 53.6 Å². The van der Waals surface area contributed by atoms with Crippen molar-refractivity contribution in [1.82, 2.24) is 9.80 Å². The van der Waals surface area contributed by atoms with Crippen LogP contribution in [-0.2, 0) is 11.8 Å². The van der Waals surface area contributed by atoms with E-state index in [9.17, 15) is 15.0 Å². The van der Waals surface area contributed by atoms with Gasteiger partial charge in [0.05, 0.1) is 17.1 Å². The number of aliphatic hydroxyl groups is 1. The Balaban J connectivity index is 1.20. The smallest absolute Gasteiger partial charge is 0.253 e. The molecule has 3 aromatic carbocycles. The molecule has 2 saturated carbocycles. The number of rotatable bonds is 4. The standard InChI is InChI=1S/C32H34N2O4/c1-33(30(36)23-9-8-20-4-2-3-5-21(20)16-23)24-12-13-32(37)26-17-22-10-11-25(35)28-27(22)31(32,29(24)38-28)14-15-34(26)18-19-6-7-19/h2-5,8-11,16,19,24,26,29,35,37H,6-7,12-15,17-18H2,1H3/t24-,26+,29+,31+,32-/m1/s1. The molecule has 38 heavy (non-hydrogen) atoms. The number of hydrogen-bond acceptors (Lipinski definition) is 5. The number of nitrogens with zero attached hydrogens (tertiary/aromatic N) is 2. The van der Waals surface area contributed by atoms with Crippen LogP contribution in [0.25, 0.3) is 10.8 Å². The molecule has 1 spiro atoms. The maximum absolute atomic E-state index is 13.9. The van der Waals surface area contributed by atoms with Gasteiger partial charge in [0.2, 0.25) is 0 Å². The van der Waals surface area contributed by atoms with E-state index in [0.29, 0.717) is 24.2 Å². The van der Waals surface area contributed by atoms with Gasteiger partial charge in [0.15, 0.2) is 11.5 Å². The van der Waals surface area contributed by atoms with Crippen LogP contribution in [0.5, 0.6) is 11.5 Å². The van der Waals surface area contributed by atoms with Crippen LogP contribution in [0.2, 0.25) is 0 Å². The van der Waals surface area contributed by atoms with E-state index in [1.807, 2.05) is 54.4 Å². The highest BCUT2D eigenvalue weighted by Crippen LogP contribution is 2.66. The summed E-state index contributed by atoms with van der Waals surface area (Å²) in [5, 5.41) is 25.7. The van der Waals surface area contributed by atoms with E-state index in [4.69, 9.17) is 4.74 Å². The van der Waals surface area contributed by atoms with E-state index >= 15 is 0 Å². The maximum Gasteiger partial charge on any atom is 0.253 e. The fourth-order valence-electron chi connectivity index (χ4n) is 8.53. The Morgan fingerprint density at radius 2 is 1.89 bits per heavy atom. The Labute approximate surface area is 222 Å². The molecule has 5 aliphatic rings. The van der Waals surface area contributed by atoms with Crippen molar-refractivity contribution in [2.24, 2.45) is 5.92 Å². The van der Waals surface area contributed by atoms with Crippen molar-refractivity contribution in [3.63, 3.8) is 0 Å². The number of likely N-dealkylation sites (N-methyl/N-ethyl adjacent to an activating group) is 1. The molecule has 6 heteroatoms. The number of amides is 1. The number of phenols is 1. The summed E-state index contributed by atoms with van der Waals surface area (Å²) in [6, 6.07) is 17.6. The van der Waals surface area contributed by atoms with Gasteiger partial charge in [-0.25, -0.2) is 0 Å². The van der Waals surface area contributed by atoms with Gasteiger partial charge in [-0.3, -0.25) is 9.69 Å². The van der Waals surface area contributed by atoms with E-state index in [2.05, 4.69) is 11.0 Å². The molecule has 196 valence electrons. The summed E-state index contributed by atoms with van der Waals surface area (Å²) in [4.78, 5) is 18.2. The largest absolute Gasteiger partial charge is 0.504 e. The van der Waals surface area contributed by atoms with Gasteiger partial charge in [-0.15, -0.1) is 0 Å². The average Bonchev–Trinajstić information content (AvgIpc) is 3.67. The minimum Gasteiger partial charge on any atom is -0.504 e. The van der Waals surface area contributed by atoms with Crippen LogP contribution in [0.3, 0.4) is 0 Å². The summed E-state index contributed by atoms with van der Waals surface area (Å²) in [5.74, 6) is 1.38. The SMILES string of the molecule is CN(C(=O)c1ccc2ccccc2c1)[C@@H]1CC[C@@]2(O)[C@@H]3Cc4ccc(O)c5c4[C@@]2(CCN3CC2CC2)[C@H]1O5. The summed E-state index contributed by atoms with van der Waals surface area (Å²) in [6.07, 6.45) is 5.01. The Bertz CT molecular complexity index is 1480. The maximum atomic E-state index is 13.9. The summed E-state index contributed by atoms with van der Waals surface area (Å²) in [7, 11) is 1.87. The second kappa shape index (κ2) is 7.73. The van der Waals surface area contributed by atoms with Crippen LogP contribution < -0.4 is 4.74 Å². The van der Waals surface area contributed by atoms with Gasteiger partial charge < -0.3 is 19.8 Å². The first-order chi connectivity index (χ1) is 18.4. The molecule has 6 nitrogen and oxygen atoms in total. The fraction of sp³-hybridized carbons (Fsp3) is 0.469. The Kier molecular flexibility index (Phi) is 4.65. The second-order valence-electron chi connectivity index (χ2n) is 12.4. The van der Waals surface area contributed by atoms with E-state index in [1.165, 1.54) is 18.4 Å². The highest BCUT2D eigenvalue weighted by molar-refractivity contribution is 5.98. The van der Waals surface area contributed by atoms with E-state index in [-0.39, 0.29) is 23.7 Å². The summed E-state index contributed by atoms with van der Waals surface area (Å²) in [5.41, 5.74) is 1.27. The van der Waals surface area contributed by atoms with Crippen molar-refractivity contribution in [3.8, 4) is 11.5 Å². The fourth-order valence-corrected chi connectivity index (χ4v) is 8.53. The highest BCUT2D eigenvalue weighted by atomic mass is 16.5. The normalized spacial score (nSPS) is 33.1. The molecule has 5 atom stereocenters. The third-order valence-corrected chi connectivity index (χ3v) is 10.5. The van der Waals surface area contributed by atoms with Crippen molar-refractivity contribution in [1.29, 1.82) is 0 Å². The lowest BCUT2D eigenvalue weighted by Gasteiger charge is -2.64. The summed E-state index contributed by atoms with van der Waals surface area (Å²) >= 11 is 0. The first-order valence-electron chi connectivity index (χ1n) is 14.1. The molecule has 1 amide bonds. The number of piperidine rings is 1. The summed E-state index contributed by atoms with van der Waals surface area (Å²) in [6.45, 7) is 1.96. The molecule has 8 rings (SSSR count). The zero-order valence-electron chi connectivity index (χ0n) is 21.8. The van der Waals surface area contributed by atoms with Crippen molar-refractivity contribution in [3.05, 3.63) is 71.3 Å². The molecule has 3 aromatic rings.